The standard InChI is InChI=1S/C14H25N3/c1-14(2,3)12-6-4-11(5-7-12)10-17-9-8-16-13(17)15/h8-9,11-12H,4-7,10H2,1-3H3,(H2,15,16). The molecule has 96 valence electrons. The Morgan fingerprint density at radius 3 is 2.41 bits per heavy atom. The third-order valence-electron chi connectivity index (χ3n) is 4.27. The van der Waals surface area contributed by atoms with Crippen LogP contribution < -0.4 is 5.73 Å². The number of hydrogen-bond donors (Lipinski definition) is 1. The molecule has 0 spiro atoms. The van der Waals surface area contributed by atoms with Crippen molar-refractivity contribution in [1.29, 1.82) is 0 Å². The zero-order chi connectivity index (χ0) is 12.5. The quantitative estimate of drug-likeness (QED) is 0.854. The van der Waals surface area contributed by atoms with Crippen LogP contribution in [0.5, 0.6) is 0 Å². The normalized spacial score (nSPS) is 26.1. The highest BCUT2D eigenvalue weighted by atomic mass is 15.1. The van der Waals surface area contributed by atoms with Crippen molar-refractivity contribution in [2.45, 2.75) is 53.0 Å². The van der Waals surface area contributed by atoms with E-state index in [1.165, 1.54) is 25.7 Å². The first kappa shape index (κ1) is 12.5. The van der Waals surface area contributed by atoms with Gasteiger partial charge in [-0.1, -0.05) is 20.8 Å². The van der Waals surface area contributed by atoms with Crippen molar-refractivity contribution in [2.75, 3.05) is 5.73 Å². The zero-order valence-corrected chi connectivity index (χ0v) is 11.3. The van der Waals surface area contributed by atoms with Gasteiger partial charge in [0.1, 0.15) is 0 Å². The highest BCUT2D eigenvalue weighted by Gasteiger charge is 2.29. The third-order valence-corrected chi connectivity index (χ3v) is 4.27. The second-order valence-electron chi connectivity index (χ2n) is 6.52. The molecule has 17 heavy (non-hydrogen) atoms. The Kier molecular flexibility index (Phi) is 3.45. The van der Waals surface area contributed by atoms with Crippen LogP contribution in [0.15, 0.2) is 12.4 Å². The van der Waals surface area contributed by atoms with Crippen molar-refractivity contribution in [3.05, 3.63) is 12.4 Å². The van der Waals surface area contributed by atoms with Gasteiger partial charge in [0, 0.05) is 18.9 Å². The summed E-state index contributed by atoms with van der Waals surface area (Å²) in [5.74, 6) is 2.33. The van der Waals surface area contributed by atoms with E-state index >= 15 is 0 Å². The highest BCUT2D eigenvalue weighted by Crippen LogP contribution is 2.40. The van der Waals surface area contributed by atoms with Crippen molar-refractivity contribution in [2.24, 2.45) is 17.3 Å². The Balaban J connectivity index is 1.86. The molecule has 0 aromatic carbocycles. The maximum atomic E-state index is 5.81. The Labute approximate surface area is 104 Å². The summed E-state index contributed by atoms with van der Waals surface area (Å²) in [6.45, 7) is 8.15. The van der Waals surface area contributed by atoms with Gasteiger partial charge >= 0.3 is 0 Å². The van der Waals surface area contributed by atoms with E-state index in [2.05, 4.69) is 30.3 Å². The van der Waals surface area contributed by atoms with E-state index in [1.54, 1.807) is 6.20 Å². The SMILES string of the molecule is CC(C)(C)C1CCC(Cn2ccnc2N)CC1. The Hall–Kier alpha value is -0.990. The minimum absolute atomic E-state index is 0.471. The third kappa shape index (κ3) is 3.02. The molecule has 0 atom stereocenters. The topological polar surface area (TPSA) is 43.8 Å². The van der Waals surface area contributed by atoms with Crippen LogP contribution in [0.3, 0.4) is 0 Å². The summed E-state index contributed by atoms with van der Waals surface area (Å²) in [5.41, 5.74) is 6.28. The number of imidazole rings is 1. The number of hydrogen-bond acceptors (Lipinski definition) is 2. The van der Waals surface area contributed by atoms with Crippen LogP contribution >= 0.6 is 0 Å². The molecule has 1 aliphatic rings. The minimum atomic E-state index is 0.471. The van der Waals surface area contributed by atoms with Crippen LogP contribution in [0.25, 0.3) is 0 Å². The van der Waals surface area contributed by atoms with Gasteiger partial charge in [0.2, 0.25) is 0 Å². The van der Waals surface area contributed by atoms with Crippen molar-refractivity contribution >= 4 is 5.95 Å². The van der Waals surface area contributed by atoms with E-state index in [9.17, 15) is 0 Å². The zero-order valence-electron chi connectivity index (χ0n) is 11.3. The van der Waals surface area contributed by atoms with Gasteiger partial charge in [0.15, 0.2) is 5.95 Å². The molecule has 3 heteroatoms. The summed E-state index contributed by atoms with van der Waals surface area (Å²) in [6.07, 6.45) is 9.17. The number of nitrogen functional groups attached to an aromatic ring is 1. The summed E-state index contributed by atoms with van der Waals surface area (Å²) < 4.78 is 2.09. The van der Waals surface area contributed by atoms with Crippen molar-refractivity contribution in [3.8, 4) is 0 Å². The minimum Gasteiger partial charge on any atom is -0.369 e. The summed E-state index contributed by atoms with van der Waals surface area (Å²) >= 11 is 0. The van der Waals surface area contributed by atoms with E-state index < -0.39 is 0 Å². The molecule has 1 heterocycles. The van der Waals surface area contributed by atoms with E-state index in [1.807, 2.05) is 6.20 Å². The number of nitrogens with two attached hydrogens (primary N) is 1. The van der Waals surface area contributed by atoms with Crippen LogP contribution in [-0.4, -0.2) is 9.55 Å². The molecule has 3 nitrogen and oxygen atoms in total. The maximum Gasteiger partial charge on any atom is 0.200 e. The van der Waals surface area contributed by atoms with Crippen LogP contribution in [0.1, 0.15) is 46.5 Å². The monoisotopic (exact) mass is 235 g/mol. The average Bonchev–Trinajstić information content (AvgIpc) is 2.64. The van der Waals surface area contributed by atoms with Crippen molar-refractivity contribution in [1.82, 2.24) is 9.55 Å². The van der Waals surface area contributed by atoms with Crippen molar-refractivity contribution < 1.29 is 0 Å². The predicted octanol–water partition coefficient (Wildman–Crippen LogP) is 3.32. The molecule has 2 N–H and O–H groups in total. The molecule has 1 aliphatic carbocycles. The highest BCUT2D eigenvalue weighted by molar-refractivity contribution is 5.16. The van der Waals surface area contributed by atoms with E-state index in [-0.39, 0.29) is 0 Å². The number of nitrogens with zero attached hydrogens (tertiary/aromatic N) is 2. The Bertz CT molecular complexity index is 354. The number of aromatic nitrogens is 2. The summed E-state index contributed by atoms with van der Waals surface area (Å²) in [5, 5.41) is 0. The Morgan fingerprint density at radius 1 is 1.29 bits per heavy atom. The summed E-state index contributed by atoms with van der Waals surface area (Å²) in [6, 6.07) is 0. The second-order valence-corrected chi connectivity index (χ2v) is 6.52. The van der Waals surface area contributed by atoms with Gasteiger partial charge in [-0.15, -0.1) is 0 Å². The lowest BCUT2D eigenvalue weighted by Gasteiger charge is -2.37. The smallest absolute Gasteiger partial charge is 0.200 e. The molecule has 0 aliphatic heterocycles. The molecule has 1 fully saturated rings. The molecule has 0 saturated heterocycles. The fourth-order valence-electron chi connectivity index (χ4n) is 2.98. The molecule has 1 aromatic rings. The lowest BCUT2D eigenvalue weighted by molar-refractivity contribution is 0.143. The van der Waals surface area contributed by atoms with E-state index in [0.717, 1.165) is 18.4 Å². The maximum absolute atomic E-state index is 5.81. The molecular formula is C14H25N3. The van der Waals surface area contributed by atoms with Crippen molar-refractivity contribution in [3.63, 3.8) is 0 Å². The van der Waals surface area contributed by atoms with Gasteiger partial charge in [0.25, 0.3) is 0 Å². The molecule has 0 bridgehead atoms. The van der Waals surface area contributed by atoms with Gasteiger partial charge in [-0.2, -0.15) is 0 Å². The largest absolute Gasteiger partial charge is 0.369 e. The van der Waals surface area contributed by atoms with Crippen LogP contribution in [0, 0.1) is 17.3 Å². The molecular weight excluding hydrogens is 210 g/mol. The lowest BCUT2D eigenvalue weighted by atomic mass is 9.70. The second kappa shape index (κ2) is 4.71. The average molecular weight is 235 g/mol. The first-order valence-corrected chi connectivity index (χ1v) is 6.73. The molecule has 0 unspecified atom stereocenters. The van der Waals surface area contributed by atoms with Crippen LogP contribution in [0.4, 0.5) is 5.95 Å². The van der Waals surface area contributed by atoms with E-state index in [4.69, 9.17) is 5.73 Å². The molecule has 1 saturated carbocycles. The lowest BCUT2D eigenvalue weighted by Crippen LogP contribution is -2.27. The van der Waals surface area contributed by atoms with Crippen LogP contribution in [-0.2, 0) is 6.54 Å². The number of anilines is 1. The van der Waals surface area contributed by atoms with Gasteiger partial charge in [-0.3, -0.25) is 0 Å². The summed E-state index contributed by atoms with van der Waals surface area (Å²) in [4.78, 5) is 4.08. The molecule has 1 aromatic heterocycles. The molecule has 0 radical (unpaired) electrons. The van der Waals surface area contributed by atoms with Gasteiger partial charge in [-0.05, 0) is 42.9 Å². The van der Waals surface area contributed by atoms with Gasteiger partial charge in [0.05, 0.1) is 0 Å². The van der Waals surface area contributed by atoms with Gasteiger partial charge in [-0.25, -0.2) is 4.98 Å². The van der Waals surface area contributed by atoms with Crippen LogP contribution in [0.2, 0.25) is 0 Å². The fraction of sp³-hybridized carbons (Fsp3) is 0.786. The molecule has 2 rings (SSSR count). The fourth-order valence-corrected chi connectivity index (χ4v) is 2.98. The summed E-state index contributed by atoms with van der Waals surface area (Å²) in [7, 11) is 0. The van der Waals surface area contributed by atoms with E-state index in [0.29, 0.717) is 11.4 Å². The predicted molar refractivity (Wildman–Crippen MR) is 71.5 cm³/mol. The van der Waals surface area contributed by atoms with Gasteiger partial charge < -0.3 is 10.3 Å². The first-order chi connectivity index (χ1) is 7.97. The molecule has 0 amide bonds. The Morgan fingerprint density at radius 2 is 1.94 bits per heavy atom. The first-order valence-electron chi connectivity index (χ1n) is 6.73. The number of rotatable bonds is 2.